The highest BCUT2D eigenvalue weighted by Crippen LogP contribution is 2.38. The molecule has 4 heterocycles. The van der Waals surface area contributed by atoms with Crippen molar-refractivity contribution in [1.29, 1.82) is 0 Å². The van der Waals surface area contributed by atoms with Gasteiger partial charge in [-0.1, -0.05) is 18.2 Å². The molecule has 2 saturated heterocycles. The fourth-order valence-electron chi connectivity index (χ4n) is 4.55. The molecule has 31 heavy (non-hydrogen) atoms. The Balaban J connectivity index is 1.42. The molecule has 2 aliphatic heterocycles. The largest absolute Gasteiger partial charge is 0.472 e. The number of aromatic nitrogens is 3. The predicted octanol–water partition coefficient (Wildman–Crippen LogP) is 4.51. The third kappa shape index (κ3) is 4.04. The molecule has 1 amide bonds. The van der Waals surface area contributed by atoms with Crippen molar-refractivity contribution in [2.75, 3.05) is 6.54 Å². The van der Waals surface area contributed by atoms with Crippen molar-refractivity contribution in [2.24, 2.45) is 5.92 Å². The van der Waals surface area contributed by atoms with Gasteiger partial charge in [0.1, 0.15) is 6.10 Å². The Morgan fingerprint density at radius 3 is 2.61 bits per heavy atom. The van der Waals surface area contributed by atoms with Gasteiger partial charge in [-0.3, -0.25) is 4.79 Å². The minimum atomic E-state index is -0.512. The lowest BCUT2D eigenvalue weighted by molar-refractivity contribution is -0.0313. The van der Waals surface area contributed by atoms with Gasteiger partial charge in [0.05, 0.1) is 24.0 Å². The summed E-state index contributed by atoms with van der Waals surface area (Å²) in [5, 5.41) is 0. The smallest absolute Gasteiger partial charge is 0.254 e. The maximum atomic E-state index is 13.6. The number of fused-ring (bicyclic) bond motifs is 3. The number of pyridine rings is 1. The van der Waals surface area contributed by atoms with Crippen LogP contribution in [0.4, 0.5) is 4.39 Å². The van der Waals surface area contributed by atoms with Crippen LogP contribution in [-0.4, -0.2) is 44.4 Å². The number of halogens is 2. The summed E-state index contributed by atoms with van der Waals surface area (Å²) in [4.78, 5) is 28.0. The molecular formula is C23H20BrFN4O2. The topological polar surface area (TPSA) is 68.2 Å². The van der Waals surface area contributed by atoms with E-state index in [4.69, 9.17) is 4.74 Å². The van der Waals surface area contributed by atoms with Gasteiger partial charge in [0.25, 0.3) is 5.91 Å². The molecule has 3 atom stereocenters. The quantitative estimate of drug-likeness (QED) is 0.546. The molecule has 0 spiro atoms. The van der Waals surface area contributed by atoms with Crippen molar-refractivity contribution in [3.8, 4) is 17.3 Å². The van der Waals surface area contributed by atoms with E-state index >= 15 is 0 Å². The van der Waals surface area contributed by atoms with E-state index in [1.807, 2.05) is 29.2 Å². The number of hydrogen-bond acceptors (Lipinski definition) is 5. The Kier molecular flexibility index (Phi) is 5.40. The molecule has 3 aliphatic rings. The second-order valence-corrected chi connectivity index (χ2v) is 8.86. The van der Waals surface area contributed by atoms with Crippen molar-refractivity contribution in [3.63, 3.8) is 0 Å². The summed E-state index contributed by atoms with van der Waals surface area (Å²) in [6.45, 7) is 0.704. The Bertz CT molecular complexity index is 1090. The number of rotatable bonds is 4. The van der Waals surface area contributed by atoms with Crippen molar-refractivity contribution < 1.29 is 13.9 Å². The van der Waals surface area contributed by atoms with Crippen LogP contribution in [0, 0.1) is 11.7 Å². The van der Waals surface area contributed by atoms with Gasteiger partial charge < -0.3 is 9.64 Å². The normalized spacial score (nSPS) is 22.4. The summed E-state index contributed by atoms with van der Waals surface area (Å²) < 4.78 is 20.4. The molecule has 158 valence electrons. The first-order chi connectivity index (χ1) is 15.1. The number of ether oxygens (including phenoxy) is 1. The molecule has 2 aromatic heterocycles. The zero-order valence-electron chi connectivity index (χ0n) is 16.6. The number of nitrogens with zero attached hydrogens (tertiary/aromatic N) is 4. The van der Waals surface area contributed by atoms with E-state index in [1.165, 1.54) is 0 Å². The Hall–Kier alpha value is -2.87. The van der Waals surface area contributed by atoms with Crippen LogP contribution in [0.25, 0.3) is 11.4 Å². The third-order valence-corrected chi connectivity index (χ3v) is 6.44. The van der Waals surface area contributed by atoms with Crippen LogP contribution in [0.3, 0.4) is 0 Å². The van der Waals surface area contributed by atoms with Crippen molar-refractivity contribution in [2.45, 2.75) is 31.4 Å². The second-order valence-electron chi connectivity index (χ2n) is 7.95. The van der Waals surface area contributed by atoms with Crippen LogP contribution in [0.1, 0.15) is 29.6 Å². The van der Waals surface area contributed by atoms with Gasteiger partial charge in [0, 0.05) is 28.8 Å². The third-order valence-electron chi connectivity index (χ3n) is 5.97. The highest BCUT2D eigenvalue weighted by atomic mass is 79.9. The van der Waals surface area contributed by atoms with Crippen molar-refractivity contribution in [3.05, 3.63) is 70.8 Å². The molecular weight excluding hydrogens is 463 g/mol. The standard InChI is InChI=1S/C23H20BrFN4O2/c24-15-6-8-21(26-10-15)31-20-9-14-5-7-19(20)29(13-14)23(30)18-4-2-1-3-17(18)22-27-11-16(25)12-28-22/h1-4,6,8,10-12,14,19-20H,5,7,9,13H2/t14-,19+,20-/m1/s1. The fraction of sp³-hybridized carbons (Fsp3) is 0.304. The molecule has 0 radical (unpaired) electrons. The van der Waals surface area contributed by atoms with Crippen LogP contribution >= 0.6 is 15.9 Å². The van der Waals surface area contributed by atoms with Crippen LogP contribution in [0.15, 0.2) is 59.5 Å². The number of piperidine rings is 2. The van der Waals surface area contributed by atoms with Gasteiger partial charge in [-0.05, 0) is 53.2 Å². The maximum Gasteiger partial charge on any atom is 0.254 e. The lowest BCUT2D eigenvalue weighted by atomic mass is 9.77. The number of amides is 1. The summed E-state index contributed by atoms with van der Waals surface area (Å²) in [6.07, 6.45) is 6.73. The molecule has 6 rings (SSSR count). The average molecular weight is 483 g/mol. The molecule has 3 fully saturated rings. The predicted molar refractivity (Wildman–Crippen MR) is 116 cm³/mol. The van der Waals surface area contributed by atoms with Gasteiger partial charge in [0.2, 0.25) is 5.88 Å². The maximum absolute atomic E-state index is 13.6. The van der Waals surface area contributed by atoms with Gasteiger partial charge in [-0.25, -0.2) is 19.3 Å². The minimum absolute atomic E-state index is 0.0230. The number of hydrogen-bond donors (Lipinski definition) is 0. The zero-order chi connectivity index (χ0) is 21.4. The molecule has 2 bridgehead atoms. The molecule has 1 saturated carbocycles. The van der Waals surface area contributed by atoms with E-state index in [0.29, 0.717) is 35.3 Å². The highest BCUT2D eigenvalue weighted by Gasteiger charge is 2.44. The summed E-state index contributed by atoms with van der Waals surface area (Å²) >= 11 is 3.39. The zero-order valence-corrected chi connectivity index (χ0v) is 18.2. The number of benzene rings is 1. The Morgan fingerprint density at radius 1 is 1.06 bits per heavy atom. The van der Waals surface area contributed by atoms with Gasteiger partial charge in [-0.2, -0.15) is 0 Å². The number of carbonyl (C=O) groups is 1. The first-order valence-electron chi connectivity index (χ1n) is 10.2. The highest BCUT2D eigenvalue weighted by molar-refractivity contribution is 9.10. The summed E-state index contributed by atoms with van der Waals surface area (Å²) in [5.41, 5.74) is 1.11. The molecule has 0 N–H and O–H groups in total. The molecule has 6 nitrogen and oxygen atoms in total. The molecule has 1 aliphatic carbocycles. The molecule has 1 aromatic carbocycles. The first-order valence-corrected chi connectivity index (χ1v) is 11.0. The Labute approximate surface area is 187 Å². The molecule has 8 heteroatoms. The van der Waals surface area contributed by atoms with E-state index < -0.39 is 5.82 Å². The second kappa shape index (κ2) is 8.34. The molecule has 0 unspecified atom stereocenters. The fourth-order valence-corrected chi connectivity index (χ4v) is 4.78. The average Bonchev–Trinajstić information content (AvgIpc) is 2.81. The van der Waals surface area contributed by atoms with E-state index in [-0.39, 0.29) is 18.1 Å². The van der Waals surface area contributed by atoms with Gasteiger partial charge >= 0.3 is 0 Å². The summed E-state index contributed by atoms with van der Waals surface area (Å²) in [6, 6.07) is 10.9. The molecule has 3 aromatic rings. The van der Waals surface area contributed by atoms with Crippen LogP contribution in [0.5, 0.6) is 5.88 Å². The lowest BCUT2D eigenvalue weighted by Crippen LogP contribution is -2.59. The number of carbonyl (C=O) groups excluding carboxylic acids is 1. The minimum Gasteiger partial charge on any atom is -0.472 e. The van der Waals surface area contributed by atoms with E-state index in [2.05, 4.69) is 30.9 Å². The van der Waals surface area contributed by atoms with Crippen LogP contribution in [-0.2, 0) is 0 Å². The van der Waals surface area contributed by atoms with E-state index in [1.54, 1.807) is 18.3 Å². The summed E-state index contributed by atoms with van der Waals surface area (Å²) in [7, 11) is 0. The van der Waals surface area contributed by atoms with Crippen molar-refractivity contribution in [1.82, 2.24) is 19.9 Å². The van der Waals surface area contributed by atoms with Crippen LogP contribution < -0.4 is 4.74 Å². The van der Waals surface area contributed by atoms with Gasteiger partial charge in [-0.15, -0.1) is 0 Å². The van der Waals surface area contributed by atoms with E-state index in [0.717, 1.165) is 36.1 Å². The van der Waals surface area contributed by atoms with Gasteiger partial charge in [0.15, 0.2) is 11.6 Å². The SMILES string of the molecule is O=C(c1ccccc1-c1ncc(F)cn1)N1C[C@@H]2CC[C@H]1[C@H](Oc1ccc(Br)cn1)C2. The first kappa shape index (κ1) is 20.1. The lowest BCUT2D eigenvalue weighted by Gasteiger charge is -2.49. The van der Waals surface area contributed by atoms with E-state index in [9.17, 15) is 9.18 Å². The van der Waals surface area contributed by atoms with Crippen molar-refractivity contribution >= 4 is 21.8 Å². The van der Waals surface area contributed by atoms with Crippen LogP contribution in [0.2, 0.25) is 0 Å². The summed E-state index contributed by atoms with van der Waals surface area (Å²) in [5.74, 6) is 0.703. The monoisotopic (exact) mass is 482 g/mol. The Morgan fingerprint density at radius 2 is 1.87 bits per heavy atom.